The SMILES string of the molecule is Cc1c2c(c(-c3cc(N)on3)c3c1OC(C)C3)OC(C)C2. The minimum atomic E-state index is 0.168. The van der Waals surface area contributed by atoms with Gasteiger partial charge < -0.3 is 19.7 Å². The molecule has 0 bridgehead atoms. The molecule has 0 spiro atoms. The molecular formula is C16H18N2O3. The van der Waals surface area contributed by atoms with Crippen LogP contribution in [0.25, 0.3) is 11.3 Å². The number of nitrogens with two attached hydrogens (primary N) is 1. The molecule has 21 heavy (non-hydrogen) atoms. The van der Waals surface area contributed by atoms with E-state index in [9.17, 15) is 0 Å². The summed E-state index contributed by atoms with van der Waals surface area (Å²) in [6.45, 7) is 6.27. The molecule has 0 fully saturated rings. The van der Waals surface area contributed by atoms with E-state index in [0.29, 0.717) is 5.88 Å². The number of benzene rings is 1. The molecule has 3 heterocycles. The summed E-state index contributed by atoms with van der Waals surface area (Å²) in [5.74, 6) is 2.21. The van der Waals surface area contributed by atoms with E-state index in [1.165, 1.54) is 11.1 Å². The van der Waals surface area contributed by atoms with E-state index in [1.54, 1.807) is 6.07 Å². The van der Waals surface area contributed by atoms with Crippen LogP contribution in [-0.2, 0) is 12.8 Å². The zero-order valence-corrected chi connectivity index (χ0v) is 12.4. The zero-order valence-electron chi connectivity index (χ0n) is 12.4. The first-order valence-corrected chi connectivity index (χ1v) is 7.28. The van der Waals surface area contributed by atoms with Crippen molar-refractivity contribution in [2.24, 2.45) is 0 Å². The van der Waals surface area contributed by atoms with Gasteiger partial charge in [-0.3, -0.25) is 0 Å². The number of nitrogen functional groups attached to an aromatic ring is 1. The number of fused-ring (bicyclic) bond motifs is 2. The largest absolute Gasteiger partial charge is 0.490 e. The smallest absolute Gasteiger partial charge is 0.222 e. The summed E-state index contributed by atoms with van der Waals surface area (Å²) in [6.07, 6.45) is 2.08. The monoisotopic (exact) mass is 286 g/mol. The third-order valence-electron chi connectivity index (χ3n) is 4.28. The number of ether oxygens (including phenoxy) is 2. The van der Waals surface area contributed by atoms with Crippen molar-refractivity contribution in [2.45, 2.75) is 45.8 Å². The van der Waals surface area contributed by atoms with Gasteiger partial charge in [-0.05, 0) is 26.3 Å². The van der Waals surface area contributed by atoms with E-state index in [2.05, 4.69) is 25.9 Å². The Morgan fingerprint density at radius 2 is 1.76 bits per heavy atom. The number of hydrogen-bond donors (Lipinski definition) is 1. The Morgan fingerprint density at radius 1 is 1.10 bits per heavy atom. The molecule has 0 saturated heterocycles. The summed E-state index contributed by atoms with van der Waals surface area (Å²) in [5.41, 5.74) is 11.0. The molecule has 2 unspecified atom stereocenters. The lowest BCUT2D eigenvalue weighted by Crippen LogP contribution is -2.07. The Labute approximate surface area is 123 Å². The molecule has 0 saturated carbocycles. The second kappa shape index (κ2) is 4.16. The highest BCUT2D eigenvalue weighted by Gasteiger charge is 2.35. The van der Waals surface area contributed by atoms with Crippen molar-refractivity contribution < 1.29 is 14.0 Å². The van der Waals surface area contributed by atoms with E-state index < -0.39 is 0 Å². The van der Waals surface area contributed by atoms with Crippen molar-refractivity contribution in [1.29, 1.82) is 0 Å². The molecule has 0 aliphatic carbocycles. The molecule has 1 aromatic heterocycles. The molecular weight excluding hydrogens is 268 g/mol. The summed E-state index contributed by atoms with van der Waals surface area (Å²) in [4.78, 5) is 0. The van der Waals surface area contributed by atoms with Gasteiger partial charge in [0.25, 0.3) is 0 Å². The van der Waals surface area contributed by atoms with Crippen LogP contribution in [0.2, 0.25) is 0 Å². The highest BCUT2D eigenvalue weighted by molar-refractivity contribution is 5.80. The van der Waals surface area contributed by atoms with Gasteiger partial charge in [-0.15, -0.1) is 0 Å². The predicted molar refractivity (Wildman–Crippen MR) is 78.7 cm³/mol. The summed E-state index contributed by atoms with van der Waals surface area (Å²) >= 11 is 0. The highest BCUT2D eigenvalue weighted by Crippen LogP contribution is 2.50. The number of aromatic nitrogens is 1. The van der Waals surface area contributed by atoms with Gasteiger partial charge in [0.15, 0.2) is 0 Å². The molecule has 2 aliphatic heterocycles. The summed E-state index contributed by atoms with van der Waals surface area (Å²) < 4.78 is 17.1. The molecule has 2 N–H and O–H groups in total. The fraction of sp³-hybridized carbons (Fsp3) is 0.438. The molecule has 5 nitrogen and oxygen atoms in total. The second-order valence-corrected chi connectivity index (χ2v) is 6.00. The number of rotatable bonds is 1. The average Bonchev–Trinajstić information content (AvgIpc) is 3.09. The lowest BCUT2D eigenvalue weighted by atomic mass is 9.92. The van der Waals surface area contributed by atoms with Crippen LogP contribution >= 0.6 is 0 Å². The quantitative estimate of drug-likeness (QED) is 0.872. The van der Waals surface area contributed by atoms with Gasteiger partial charge in [-0.1, -0.05) is 5.16 Å². The van der Waals surface area contributed by atoms with Crippen LogP contribution in [-0.4, -0.2) is 17.4 Å². The molecule has 110 valence electrons. The average molecular weight is 286 g/mol. The summed E-state index contributed by atoms with van der Waals surface area (Å²) in [5, 5.41) is 4.09. The van der Waals surface area contributed by atoms with Crippen LogP contribution in [0, 0.1) is 6.92 Å². The number of anilines is 1. The fourth-order valence-corrected chi connectivity index (χ4v) is 3.40. The molecule has 4 rings (SSSR count). The standard InChI is InChI=1S/C16H18N2O3/c1-7-4-10-9(3)15-11(5-8(2)19-15)14(16(10)20-7)12-6-13(17)21-18-12/h6-8H,4-5,17H2,1-3H3. The minimum absolute atomic E-state index is 0.168. The molecule has 2 atom stereocenters. The summed E-state index contributed by atoms with van der Waals surface area (Å²) in [7, 11) is 0. The fourth-order valence-electron chi connectivity index (χ4n) is 3.40. The van der Waals surface area contributed by atoms with Crippen molar-refractivity contribution in [1.82, 2.24) is 5.16 Å². The first-order valence-electron chi connectivity index (χ1n) is 7.28. The van der Waals surface area contributed by atoms with Gasteiger partial charge in [0.1, 0.15) is 29.4 Å². The Hall–Kier alpha value is -2.17. The first-order chi connectivity index (χ1) is 10.0. The van der Waals surface area contributed by atoms with Gasteiger partial charge in [-0.2, -0.15) is 0 Å². The Kier molecular flexibility index (Phi) is 2.49. The van der Waals surface area contributed by atoms with Crippen molar-refractivity contribution in [3.8, 4) is 22.8 Å². The molecule has 2 aromatic rings. The normalized spacial score (nSPS) is 22.6. The van der Waals surface area contributed by atoms with Crippen LogP contribution in [0.4, 0.5) is 5.88 Å². The van der Waals surface area contributed by atoms with Gasteiger partial charge in [0.2, 0.25) is 5.88 Å². The van der Waals surface area contributed by atoms with E-state index >= 15 is 0 Å². The third kappa shape index (κ3) is 1.73. The highest BCUT2D eigenvalue weighted by atomic mass is 16.5. The van der Waals surface area contributed by atoms with Crippen molar-refractivity contribution in [3.05, 3.63) is 22.8 Å². The zero-order chi connectivity index (χ0) is 14.7. The molecule has 1 aromatic carbocycles. The number of nitrogens with zero attached hydrogens (tertiary/aromatic N) is 1. The van der Waals surface area contributed by atoms with Crippen LogP contribution in [0.15, 0.2) is 10.6 Å². The van der Waals surface area contributed by atoms with E-state index in [-0.39, 0.29) is 12.2 Å². The predicted octanol–water partition coefficient (Wildman–Crippen LogP) is 2.88. The molecule has 0 amide bonds. The van der Waals surface area contributed by atoms with E-state index in [4.69, 9.17) is 19.7 Å². The molecule has 0 radical (unpaired) electrons. The Morgan fingerprint density at radius 3 is 2.43 bits per heavy atom. The minimum Gasteiger partial charge on any atom is -0.490 e. The maximum atomic E-state index is 6.06. The topological polar surface area (TPSA) is 70.5 Å². The van der Waals surface area contributed by atoms with Gasteiger partial charge in [0, 0.05) is 30.0 Å². The Balaban J connectivity index is 2.02. The van der Waals surface area contributed by atoms with Crippen LogP contribution in [0.1, 0.15) is 30.5 Å². The van der Waals surface area contributed by atoms with E-state index in [0.717, 1.165) is 41.2 Å². The maximum absolute atomic E-state index is 6.06. The lowest BCUT2D eigenvalue weighted by molar-refractivity contribution is 0.252. The first kappa shape index (κ1) is 12.6. The number of hydrogen-bond acceptors (Lipinski definition) is 5. The third-order valence-corrected chi connectivity index (χ3v) is 4.28. The van der Waals surface area contributed by atoms with Crippen LogP contribution < -0.4 is 15.2 Å². The Bertz CT molecular complexity index is 696. The lowest BCUT2D eigenvalue weighted by Gasteiger charge is -2.14. The van der Waals surface area contributed by atoms with Crippen LogP contribution in [0.5, 0.6) is 11.5 Å². The van der Waals surface area contributed by atoms with Gasteiger partial charge in [-0.25, -0.2) is 0 Å². The van der Waals surface area contributed by atoms with Crippen molar-refractivity contribution in [2.75, 3.05) is 5.73 Å². The van der Waals surface area contributed by atoms with Crippen molar-refractivity contribution in [3.63, 3.8) is 0 Å². The second-order valence-electron chi connectivity index (χ2n) is 6.00. The van der Waals surface area contributed by atoms with Gasteiger partial charge in [0.05, 0.1) is 5.56 Å². The van der Waals surface area contributed by atoms with Crippen molar-refractivity contribution >= 4 is 5.88 Å². The molecule has 2 aliphatic rings. The van der Waals surface area contributed by atoms with E-state index in [1.807, 2.05) is 0 Å². The molecule has 5 heteroatoms. The van der Waals surface area contributed by atoms with Gasteiger partial charge >= 0.3 is 0 Å². The van der Waals surface area contributed by atoms with Crippen LogP contribution in [0.3, 0.4) is 0 Å². The maximum Gasteiger partial charge on any atom is 0.222 e. The summed E-state index contributed by atoms with van der Waals surface area (Å²) in [6, 6.07) is 1.75.